The minimum absolute atomic E-state index is 0.108. The maximum absolute atomic E-state index is 11.6. The highest BCUT2D eigenvalue weighted by molar-refractivity contribution is 6.32. The Morgan fingerprint density at radius 3 is 2.89 bits per heavy atom. The van der Waals surface area contributed by atoms with Crippen molar-refractivity contribution in [2.75, 3.05) is 6.61 Å². The number of para-hydroxylation sites is 1. The van der Waals surface area contributed by atoms with Crippen molar-refractivity contribution >= 4 is 23.2 Å². The Balaban J connectivity index is 1.81. The van der Waals surface area contributed by atoms with Crippen LogP contribution in [0.2, 0.25) is 5.02 Å². The van der Waals surface area contributed by atoms with Gasteiger partial charge in [0.2, 0.25) is 0 Å². The smallest absolute Gasteiger partial charge is 0.277 e. The first-order chi connectivity index (χ1) is 9.15. The van der Waals surface area contributed by atoms with Crippen LogP contribution >= 0.6 is 11.6 Å². The van der Waals surface area contributed by atoms with Crippen molar-refractivity contribution in [2.24, 2.45) is 5.10 Å². The van der Waals surface area contributed by atoms with Gasteiger partial charge in [-0.15, -0.1) is 0 Å². The highest BCUT2D eigenvalue weighted by Crippen LogP contribution is 2.22. The van der Waals surface area contributed by atoms with E-state index in [0.29, 0.717) is 10.8 Å². The summed E-state index contributed by atoms with van der Waals surface area (Å²) in [5, 5.41) is 4.52. The molecule has 0 fully saturated rings. The van der Waals surface area contributed by atoms with Crippen LogP contribution in [0, 0.1) is 0 Å². The van der Waals surface area contributed by atoms with Crippen molar-refractivity contribution in [3.05, 3.63) is 40.9 Å². The van der Waals surface area contributed by atoms with E-state index in [1.165, 1.54) is 5.57 Å². The number of halogens is 1. The molecule has 0 bridgehead atoms. The summed E-state index contributed by atoms with van der Waals surface area (Å²) in [4.78, 5) is 11.6. The summed E-state index contributed by atoms with van der Waals surface area (Å²) in [6.07, 6.45) is 3.86. The lowest BCUT2D eigenvalue weighted by Gasteiger charge is -2.06. The average Bonchev–Trinajstić information content (AvgIpc) is 2.81. The summed E-state index contributed by atoms with van der Waals surface area (Å²) in [5.41, 5.74) is 4.64. The Labute approximate surface area is 117 Å². The first-order valence-electron chi connectivity index (χ1n) is 6.05. The topological polar surface area (TPSA) is 50.7 Å². The summed E-state index contributed by atoms with van der Waals surface area (Å²) in [7, 11) is 0. The Kier molecular flexibility index (Phi) is 4.58. The van der Waals surface area contributed by atoms with E-state index in [1.807, 2.05) is 13.0 Å². The molecule has 1 aliphatic carbocycles. The van der Waals surface area contributed by atoms with E-state index in [2.05, 4.69) is 10.5 Å². The second kappa shape index (κ2) is 6.38. The molecule has 0 heterocycles. The molecule has 19 heavy (non-hydrogen) atoms. The molecule has 0 saturated carbocycles. The first kappa shape index (κ1) is 13.6. The summed E-state index contributed by atoms with van der Waals surface area (Å²) in [6, 6.07) is 7.02. The fourth-order valence-electron chi connectivity index (χ4n) is 1.71. The van der Waals surface area contributed by atoms with Crippen LogP contribution in [0.1, 0.15) is 19.8 Å². The molecule has 0 atom stereocenters. The normalized spacial score (nSPS) is 16.3. The van der Waals surface area contributed by atoms with Gasteiger partial charge in [0.05, 0.1) is 10.7 Å². The molecule has 5 heteroatoms. The number of carbonyl (C=O) groups is 1. The van der Waals surface area contributed by atoms with Crippen LogP contribution in [0.5, 0.6) is 5.75 Å². The molecule has 1 aromatic rings. The van der Waals surface area contributed by atoms with Gasteiger partial charge in [0.25, 0.3) is 5.91 Å². The third-order valence-corrected chi connectivity index (χ3v) is 3.02. The minimum Gasteiger partial charge on any atom is -0.482 e. The van der Waals surface area contributed by atoms with Crippen molar-refractivity contribution in [3.8, 4) is 5.75 Å². The molecule has 0 aliphatic heterocycles. The molecule has 1 aromatic carbocycles. The quantitative estimate of drug-likeness (QED) is 0.861. The molecule has 2 rings (SSSR count). The van der Waals surface area contributed by atoms with Crippen molar-refractivity contribution < 1.29 is 9.53 Å². The van der Waals surface area contributed by atoms with E-state index < -0.39 is 0 Å². The summed E-state index contributed by atoms with van der Waals surface area (Å²) < 4.78 is 5.31. The maximum Gasteiger partial charge on any atom is 0.277 e. The molecular formula is C14H15ClN2O2. The van der Waals surface area contributed by atoms with Crippen LogP contribution in [-0.2, 0) is 4.79 Å². The third kappa shape index (κ3) is 4.10. The number of allylic oxidation sites excluding steroid dienone is 2. The minimum atomic E-state index is -0.301. The predicted molar refractivity (Wildman–Crippen MR) is 75.5 cm³/mol. The molecule has 1 aliphatic rings. The van der Waals surface area contributed by atoms with Gasteiger partial charge in [-0.3, -0.25) is 4.79 Å². The number of nitrogens with one attached hydrogen (secondary N) is 1. The number of hydrogen-bond donors (Lipinski definition) is 1. The fraction of sp³-hybridized carbons (Fsp3) is 0.286. The van der Waals surface area contributed by atoms with Gasteiger partial charge in [0.1, 0.15) is 5.75 Å². The van der Waals surface area contributed by atoms with Gasteiger partial charge in [-0.2, -0.15) is 5.10 Å². The lowest BCUT2D eigenvalue weighted by Crippen LogP contribution is -2.25. The summed E-state index contributed by atoms with van der Waals surface area (Å²) >= 11 is 5.91. The fourth-order valence-corrected chi connectivity index (χ4v) is 1.90. The first-order valence-corrected chi connectivity index (χ1v) is 6.43. The van der Waals surface area contributed by atoms with Crippen LogP contribution in [0.4, 0.5) is 0 Å². The van der Waals surface area contributed by atoms with Crippen LogP contribution in [-0.4, -0.2) is 18.2 Å². The third-order valence-electron chi connectivity index (χ3n) is 2.71. The Hall–Kier alpha value is -1.81. The molecule has 0 saturated heterocycles. The van der Waals surface area contributed by atoms with Crippen LogP contribution in [0.25, 0.3) is 0 Å². The number of nitrogens with zero attached hydrogens (tertiary/aromatic N) is 1. The van der Waals surface area contributed by atoms with E-state index in [0.717, 1.165) is 18.6 Å². The standard InChI is InChI=1S/C14H15ClN2O2/c1-10-6-7-11(8-10)16-17-14(18)9-19-13-5-3-2-4-12(13)15/h2-5,8H,6-7,9H2,1H3,(H,17,18)/b16-11+. The summed E-state index contributed by atoms with van der Waals surface area (Å²) in [6.45, 7) is 1.94. The van der Waals surface area contributed by atoms with Crippen molar-refractivity contribution in [2.45, 2.75) is 19.8 Å². The Morgan fingerprint density at radius 2 is 2.21 bits per heavy atom. The number of rotatable bonds is 4. The Bertz CT molecular complexity index is 538. The van der Waals surface area contributed by atoms with Gasteiger partial charge in [0, 0.05) is 0 Å². The number of carbonyl (C=O) groups excluding carboxylic acids is 1. The number of benzene rings is 1. The largest absolute Gasteiger partial charge is 0.482 e. The van der Waals surface area contributed by atoms with Crippen LogP contribution in [0.3, 0.4) is 0 Å². The van der Waals surface area contributed by atoms with E-state index in [1.54, 1.807) is 24.3 Å². The zero-order valence-electron chi connectivity index (χ0n) is 10.6. The second-order valence-corrected chi connectivity index (χ2v) is 4.76. The molecule has 0 unspecified atom stereocenters. The second-order valence-electron chi connectivity index (χ2n) is 4.35. The number of ether oxygens (including phenoxy) is 1. The van der Waals surface area contributed by atoms with Gasteiger partial charge >= 0.3 is 0 Å². The average molecular weight is 279 g/mol. The van der Waals surface area contributed by atoms with Gasteiger partial charge in [0.15, 0.2) is 6.61 Å². The molecule has 4 nitrogen and oxygen atoms in total. The molecule has 1 N–H and O–H groups in total. The van der Waals surface area contributed by atoms with Crippen molar-refractivity contribution in [1.29, 1.82) is 0 Å². The number of hydrogen-bond acceptors (Lipinski definition) is 3. The number of hydrazone groups is 1. The Morgan fingerprint density at radius 1 is 1.42 bits per heavy atom. The molecule has 0 aromatic heterocycles. The van der Waals surface area contributed by atoms with E-state index in [-0.39, 0.29) is 12.5 Å². The van der Waals surface area contributed by atoms with E-state index >= 15 is 0 Å². The molecule has 1 amide bonds. The molecular weight excluding hydrogens is 264 g/mol. The van der Waals surface area contributed by atoms with Crippen LogP contribution < -0.4 is 10.2 Å². The van der Waals surface area contributed by atoms with Crippen molar-refractivity contribution in [3.63, 3.8) is 0 Å². The lowest BCUT2D eigenvalue weighted by molar-refractivity contribution is -0.123. The molecule has 100 valence electrons. The molecule has 0 radical (unpaired) electrons. The monoisotopic (exact) mass is 278 g/mol. The predicted octanol–water partition coefficient (Wildman–Crippen LogP) is 2.93. The van der Waals surface area contributed by atoms with Gasteiger partial charge in [-0.25, -0.2) is 5.43 Å². The zero-order valence-corrected chi connectivity index (χ0v) is 11.4. The van der Waals surface area contributed by atoms with E-state index in [4.69, 9.17) is 16.3 Å². The van der Waals surface area contributed by atoms with Gasteiger partial charge in [-0.05, 0) is 38.0 Å². The van der Waals surface area contributed by atoms with Gasteiger partial charge in [-0.1, -0.05) is 29.3 Å². The molecule has 0 spiro atoms. The number of amides is 1. The van der Waals surface area contributed by atoms with Crippen molar-refractivity contribution in [1.82, 2.24) is 5.43 Å². The van der Waals surface area contributed by atoms with E-state index in [9.17, 15) is 4.79 Å². The highest BCUT2D eigenvalue weighted by Gasteiger charge is 2.08. The zero-order chi connectivity index (χ0) is 13.7. The maximum atomic E-state index is 11.6. The highest BCUT2D eigenvalue weighted by atomic mass is 35.5. The lowest BCUT2D eigenvalue weighted by atomic mass is 10.3. The SMILES string of the molecule is CC1=C/C(=N/NC(=O)COc2ccccc2Cl)CC1. The van der Waals surface area contributed by atoms with Gasteiger partial charge < -0.3 is 4.74 Å². The summed E-state index contributed by atoms with van der Waals surface area (Å²) in [5.74, 6) is 0.189. The van der Waals surface area contributed by atoms with Crippen LogP contribution in [0.15, 0.2) is 41.0 Å².